The summed E-state index contributed by atoms with van der Waals surface area (Å²) in [6.07, 6.45) is 0.766. The SMILES string of the molecule is COC(=O)C1(NC(=O)C(F)=C(C)C)CCN(Cc2ccccc2)CC1. The molecule has 136 valence electrons. The van der Waals surface area contributed by atoms with Crippen LogP contribution < -0.4 is 5.32 Å². The van der Waals surface area contributed by atoms with E-state index in [-0.39, 0.29) is 5.57 Å². The van der Waals surface area contributed by atoms with Crippen molar-refractivity contribution in [3.8, 4) is 0 Å². The summed E-state index contributed by atoms with van der Waals surface area (Å²) < 4.78 is 18.8. The molecule has 1 saturated heterocycles. The Balaban J connectivity index is 2.07. The summed E-state index contributed by atoms with van der Waals surface area (Å²) in [6, 6.07) is 10.0. The van der Waals surface area contributed by atoms with Crippen LogP contribution in [0.5, 0.6) is 0 Å². The van der Waals surface area contributed by atoms with E-state index >= 15 is 0 Å². The third kappa shape index (κ3) is 4.66. The molecule has 1 amide bonds. The number of carbonyl (C=O) groups excluding carboxylic acids is 2. The van der Waals surface area contributed by atoms with Gasteiger partial charge in [-0.15, -0.1) is 0 Å². The van der Waals surface area contributed by atoms with Crippen LogP contribution in [-0.4, -0.2) is 42.5 Å². The zero-order chi connectivity index (χ0) is 18.4. The highest BCUT2D eigenvalue weighted by Gasteiger charge is 2.44. The van der Waals surface area contributed by atoms with Gasteiger partial charge in [0.1, 0.15) is 5.54 Å². The molecule has 1 aliphatic heterocycles. The predicted molar refractivity (Wildman–Crippen MR) is 93.3 cm³/mol. The number of rotatable bonds is 5. The molecule has 0 aliphatic carbocycles. The number of carbonyl (C=O) groups is 2. The smallest absolute Gasteiger partial charge is 0.331 e. The van der Waals surface area contributed by atoms with Crippen LogP contribution in [0.25, 0.3) is 0 Å². The minimum absolute atomic E-state index is 0.277. The van der Waals surface area contributed by atoms with Crippen molar-refractivity contribution in [1.29, 1.82) is 0 Å². The van der Waals surface area contributed by atoms with Crippen molar-refractivity contribution in [2.24, 2.45) is 0 Å². The number of ether oxygens (including phenoxy) is 1. The van der Waals surface area contributed by atoms with Crippen LogP contribution in [0.3, 0.4) is 0 Å². The van der Waals surface area contributed by atoms with Crippen molar-refractivity contribution in [3.05, 3.63) is 47.3 Å². The Hall–Kier alpha value is -2.21. The maximum Gasteiger partial charge on any atom is 0.331 e. The molecule has 1 aliphatic rings. The molecule has 2 rings (SSSR count). The molecule has 1 fully saturated rings. The van der Waals surface area contributed by atoms with Gasteiger partial charge in [0.05, 0.1) is 7.11 Å². The summed E-state index contributed by atoms with van der Waals surface area (Å²) in [5.74, 6) is -2.24. The van der Waals surface area contributed by atoms with Gasteiger partial charge in [-0.25, -0.2) is 9.18 Å². The average molecular weight is 348 g/mol. The van der Waals surface area contributed by atoms with Crippen molar-refractivity contribution >= 4 is 11.9 Å². The molecule has 1 aromatic rings. The van der Waals surface area contributed by atoms with E-state index in [4.69, 9.17) is 4.74 Å². The number of hydrogen-bond donors (Lipinski definition) is 1. The maximum atomic E-state index is 13.9. The van der Waals surface area contributed by atoms with Gasteiger partial charge >= 0.3 is 5.97 Å². The van der Waals surface area contributed by atoms with Gasteiger partial charge in [0, 0.05) is 19.6 Å². The van der Waals surface area contributed by atoms with Gasteiger partial charge in [-0.3, -0.25) is 9.69 Å². The normalized spacial score (nSPS) is 16.8. The van der Waals surface area contributed by atoms with Gasteiger partial charge in [-0.2, -0.15) is 0 Å². The number of halogens is 1. The number of likely N-dealkylation sites (tertiary alicyclic amines) is 1. The summed E-state index contributed by atoms with van der Waals surface area (Å²) in [7, 11) is 1.28. The van der Waals surface area contributed by atoms with E-state index in [0.717, 1.165) is 6.54 Å². The highest BCUT2D eigenvalue weighted by atomic mass is 19.1. The number of esters is 1. The van der Waals surface area contributed by atoms with Crippen molar-refractivity contribution in [1.82, 2.24) is 10.2 Å². The number of amides is 1. The van der Waals surface area contributed by atoms with Gasteiger partial charge in [-0.05, 0) is 37.8 Å². The van der Waals surface area contributed by atoms with Crippen LogP contribution in [0.4, 0.5) is 4.39 Å². The fourth-order valence-electron chi connectivity index (χ4n) is 3.01. The topological polar surface area (TPSA) is 58.6 Å². The number of allylic oxidation sites excluding steroid dienone is 1. The van der Waals surface area contributed by atoms with Gasteiger partial charge in [0.2, 0.25) is 0 Å². The van der Waals surface area contributed by atoms with Crippen LogP contribution in [0.2, 0.25) is 0 Å². The molecule has 5 nitrogen and oxygen atoms in total. The third-order valence-electron chi connectivity index (χ3n) is 4.53. The van der Waals surface area contributed by atoms with E-state index in [2.05, 4.69) is 10.2 Å². The molecule has 0 unspecified atom stereocenters. The molecule has 0 spiro atoms. The van der Waals surface area contributed by atoms with E-state index in [1.54, 1.807) is 0 Å². The van der Waals surface area contributed by atoms with Crippen molar-refractivity contribution in [2.75, 3.05) is 20.2 Å². The highest BCUT2D eigenvalue weighted by molar-refractivity contribution is 5.96. The lowest BCUT2D eigenvalue weighted by molar-refractivity contribution is -0.153. The quantitative estimate of drug-likeness (QED) is 0.656. The first-order valence-corrected chi connectivity index (χ1v) is 8.38. The molecule has 1 N–H and O–H groups in total. The number of piperidine rings is 1. The van der Waals surface area contributed by atoms with Crippen LogP contribution in [0.15, 0.2) is 41.7 Å². The number of methoxy groups -OCH3 is 1. The zero-order valence-corrected chi connectivity index (χ0v) is 15.0. The summed E-state index contributed by atoms with van der Waals surface area (Å²) in [6.45, 7) is 5.03. The number of benzene rings is 1. The largest absolute Gasteiger partial charge is 0.467 e. The molecule has 6 heteroatoms. The Kier molecular flexibility index (Phi) is 6.31. The maximum absolute atomic E-state index is 13.9. The van der Waals surface area contributed by atoms with Crippen LogP contribution in [0.1, 0.15) is 32.3 Å². The molecule has 0 aromatic heterocycles. The zero-order valence-electron chi connectivity index (χ0n) is 15.0. The second kappa shape index (κ2) is 8.25. The first-order valence-electron chi connectivity index (χ1n) is 8.38. The second-order valence-corrected chi connectivity index (χ2v) is 6.60. The molecule has 0 atom stereocenters. The molecular formula is C19H25FN2O3. The monoisotopic (exact) mass is 348 g/mol. The third-order valence-corrected chi connectivity index (χ3v) is 4.53. The van der Waals surface area contributed by atoms with Crippen molar-refractivity contribution in [2.45, 2.75) is 38.8 Å². The second-order valence-electron chi connectivity index (χ2n) is 6.60. The summed E-state index contributed by atoms with van der Waals surface area (Å²) in [5.41, 5.74) is 0.290. The number of nitrogens with zero attached hydrogens (tertiary/aromatic N) is 1. The fraction of sp³-hybridized carbons (Fsp3) is 0.474. The standard InChI is InChI=1S/C19H25FN2O3/c1-14(2)16(20)17(23)21-19(18(24)25-3)9-11-22(12-10-19)13-15-7-5-4-6-8-15/h4-8H,9-13H2,1-3H3,(H,21,23). The van der Waals surface area contributed by atoms with E-state index in [9.17, 15) is 14.0 Å². The van der Waals surface area contributed by atoms with Crippen LogP contribution >= 0.6 is 0 Å². The summed E-state index contributed by atoms with van der Waals surface area (Å²) in [5, 5.41) is 2.58. The first kappa shape index (κ1) is 19.1. The minimum Gasteiger partial charge on any atom is -0.467 e. The Morgan fingerprint density at radius 1 is 1.20 bits per heavy atom. The number of hydrogen-bond acceptors (Lipinski definition) is 4. The van der Waals surface area contributed by atoms with Crippen LogP contribution in [0, 0.1) is 0 Å². The van der Waals surface area contributed by atoms with Crippen molar-refractivity contribution in [3.63, 3.8) is 0 Å². The Morgan fingerprint density at radius 3 is 2.32 bits per heavy atom. The Morgan fingerprint density at radius 2 is 1.80 bits per heavy atom. The molecule has 1 heterocycles. The molecule has 1 aromatic carbocycles. The van der Waals surface area contributed by atoms with E-state index < -0.39 is 23.2 Å². The minimum atomic E-state index is -1.17. The highest BCUT2D eigenvalue weighted by Crippen LogP contribution is 2.26. The average Bonchev–Trinajstić information content (AvgIpc) is 2.62. The lowest BCUT2D eigenvalue weighted by Crippen LogP contribution is -2.60. The van der Waals surface area contributed by atoms with Gasteiger partial charge < -0.3 is 10.1 Å². The molecule has 0 radical (unpaired) electrons. The molecule has 0 saturated carbocycles. The molecular weight excluding hydrogens is 323 g/mol. The first-order chi connectivity index (χ1) is 11.9. The van der Waals surface area contributed by atoms with E-state index in [0.29, 0.717) is 25.9 Å². The summed E-state index contributed by atoms with van der Waals surface area (Å²) >= 11 is 0. The van der Waals surface area contributed by atoms with Gasteiger partial charge in [0.25, 0.3) is 5.91 Å². The van der Waals surface area contributed by atoms with Gasteiger partial charge in [0.15, 0.2) is 5.83 Å². The Bertz CT molecular complexity index is 646. The molecule has 25 heavy (non-hydrogen) atoms. The predicted octanol–water partition coefficient (Wildman–Crippen LogP) is 2.57. The Labute approximate surface area is 147 Å². The van der Waals surface area contributed by atoms with E-state index in [1.165, 1.54) is 26.5 Å². The lowest BCUT2D eigenvalue weighted by Gasteiger charge is -2.40. The van der Waals surface area contributed by atoms with Crippen LogP contribution in [-0.2, 0) is 20.9 Å². The molecule has 0 bridgehead atoms. The lowest BCUT2D eigenvalue weighted by atomic mass is 9.87. The van der Waals surface area contributed by atoms with Gasteiger partial charge in [-0.1, -0.05) is 30.3 Å². The fourth-order valence-corrected chi connectivity index (χ4v) is 3.01. The van der Waals surface area contributed by atoms with Crippen molar-refractivity contribution < 1.29 is 18.7 Å². The van der Waals surface area contributed by atoms with E-state index in [1.807, 2.05) is 30.3 Å². The summed E-state index contributed by atoms with van der Waals surface area (Å²) in [4.78, 5) is 26.6. The number of nitrogens with one attached hydrogen (secondary N) is 1.